The van der Waals surface area contributed by atoms with E-state index in [9.17, 15) is 18.0 Å². The zero-order chi connectivity index (χ0) is 18.0. The van der Waals surface area contributed by atoms with Crippen molar-refractivity contribution in [3.8, 4) is 11.5 Å². The molecule has 1 amide bonds. The molecule has 1 N–H and O–H groups in total. The summed E-state index contributed by atoms with van der Waals surface area (Å²) in [6.07, 6.45) is 1.15. The van der Waals surface area contributed by atoms with Crippen LogP contribution in [-0.4, -0.2) is 33.2 Å². The van der Waals surface area contributed by atoms with Crippen molar-refractivity contribution in [1.82, 2.24) is 0 Å². The van der Waals surface area contributed by atoms with Crippen LogP contribution in [0, 0.1) is 0 Å². The first-order valence-electron chi connectivity index (χ1n) is 7.36. The molecule has 130 valence electrons. The number of amides is 1. The Bertz CT molecular complexity index is 934. The highest BCUT2D eigenvalue weighted by atomic mass is 32.2. The van der Waals surface area contributed by atoms with E-state index < -0.39 is 15.8 Å². The normalized spacial score (nSPS) is 13.4. The minimum atomic E-state index is -3.13. The fraction of sp³-hybridized carbons (Fsp3) is 0.176. The van der Waals surface area contributed by atoms with Gasteiger partial charge in [0.25, 0.3) is 5.91 Å². The average Bonchev–Trinajstić information content (AvgIpc) is 2.53. The van der Waals surface area contributed by atoms with Crippen molar-refractivity contribution >= 4 is 27.4 Å². The number of benzene rings is 2. The fourth-order valence-electron chi connectivity index (χ4n) is 2.33. The highest BCUT2D eigenvalue weighted by molar-refractivity contribution is 7.89. The van der Waals surface area contributed by atoms with Gasteiger partial charge in [0.05, 0.1) is 17.0 Å². The summed E-state index contributed by atoms with van der Waals surface area (Å²) in [6.45, 7) is -0.0496. The van der Waals surface area contributed by atoms with Crippen LogP contribution in [0.15, 0.2) is 42.5 Å². The summed E-state index contributed by atoms with van der Waals surface area (Å²) in [5, 5.41) is 2.63. The Kier molecular flexibility index (Phi) is 4.45. The Morgan fingerprint density at radius 3 is 2.60 bits per heavy atom. The number of ether oxygens (including phenoxy) is 2. The van der Waals surface area contributed by atoms with Gasteiger partial charge >= 0.3 is 5.97 Å². The Labute approximate surface area is 144 Å². The zero-order valence-electron chi connectivity index (χ0n) is 13.3. The molecule has 0 unspecified atom stereocenters. The molecule has 25 heavy (non-hydrogen) atoms. The number of nitrogens with one attached hydrogen (secondary N) is 1. The van der Waals surface area contributed by atoms with Crippen molar-refractivity contribution in [2.24, 2.45) is 0 Å². The van der Waals surface area contributed by atoms with Gasteiger partial charge in [-0.3, -0.25) is 4.79 Å². The summed E-state index contributed by atoms with van der Waals surface area (Å²) < 4.78 is 33.0. The lowest BCUT2D eigenvalue weighted by Crippen LogP contribution is -2.25. The number of anilines is 1. The monoisotopic (exact) mass is 361 g/mol. The van der Waals surface area contributed by atoms with Crippen LogP contribution >= 0.6 is 0 Å². The number of carbonyl (C=O) groups is 2. The molecule has 2 aromatic carbocycles. The molecule has 0 atom stereocenters. The van der Waals surface area contributed by atoms with Crippen LogP contribution in [0.1, 0.15) is 15.9 Å². The van der Waals surface area contributed by atoms with Crippen molar-refractivity contribution in [1.29, 1.82) is 0 Å². The summed E-state index contributed by atoms with van der Waals surface area (Å²) in [5.74, 6) is -0.196. The number of carbonyl (C=O) groups excluding carboxylic acids is 2. The van der Waals surface area contributed by atoms with Gasteiger partial charge in [-0.15, -0.1) is 0 Å². The standard InChI is InChI=1S/C17H15NO6S/c1-25(21,22)10-11-2-4-12(5-3-11)17(20)24-13-6-7-15-14(8-13)18-16(19)9-23-15/h2-8H,9-10H2,1H3,(H,18,19). The molecule has 2 aromatic rings. The molecule has 1 heterocycles. The molecular formula is C17H15NO6S. The van der Waals surface area contributed by atoms with Crippen LogP contribution in [0.3, 0.4) is 0 Å². The fourth-order valence-corrected chi connectivity index (χ4v) is 3.13. The molecule has 0 spiro atoms. The smallest absolute Gasteiger partial charge is 0.343 e. The van der Waals surface area contributed by atoms with E-state index in [-0.39, 0.29) is 29.6 Å². The second kappa shape index (κ2) is 6.56. The van der Waals surface area contributed by atoms with Gasteiger partial charge in [0.1, 0.15) is 11.5 Å². The molecule has 1 aliphatic heterocycles. The van der Waals surface area contributed by atoms with E-state index in [1.165, 1.54) is 18.2 Å². The van der Waals surface area contributed by atoms with Gasteiger partial charge in [-0.2, -0.15) is 0 Å². The van der Waals surface area contributed by atoms with E-state index >= 15 is 0 Å². The summed E-state index contributed by atoms with van der Waals surface area (Å²) >= 11 is 0. The minimum absolute atomic E-state index is 0.0496. The Morgan fingerprint density at radius 1 is 1.20 bits per heavy atom. The number of hydrogen-bond acceptors (Lipinski definition) is 6. The van der Waals surface area contributed by atoms with Crippen LogP contribution in [0.4, 0.5) is 5.69 Å². The second-order valence-corrected chi connectivity index (χ2v) is 7.79. The van der Waals surface area contributed by atoms with Crippen LogP contribution in [0.25, 0.3) is 0 Å². The van der Waals surface area contributed by atoms with Gasteiger partial charge in [-0.05, 0) is 29.8 Å². The van der Waals surface area contributed by atoms with Gasteiger partial charge in [0.2, 0.25) is 0 Å². The molecule has 1 aliphatic rings. The van der Waals surface area contributed by atoms with Gasteiger partial charge in [0, 0.05) is 12.3 Å². The predicted octanol–water partition coefficient (Wildman–Crippen LogP) is 1.78. The second-order valence-electron chi connectivity index (χ2n) is 5.65. The Hall–Kier alpha value is -2.87. The van der Waals surface area contributed by atoms with Crippen LogP contribution < -0.4 is 14.8 Å². The number of fused-ring (bicyclic) bond motifs is 1. The van der Waals surface area contributed by atoms with Crippen molar-refractivity contribution in [2.75, 3.05) is 18.2 Å². The van der Waals surface area contributed by atoms with E-state index in [0.717, 1.165) is 6.26 Å². The molecule has 0 bridgehead atoms. The molecule has 7 nitrogen and oxygen atoms in total. The van der Waals surface area contributed by atoms with Gasteiger partial charge < -0.3 is 14.8 Å². The average molecular weight is 361 g/mol. The highest BCUT2D eigenvalue weighted by Gasteiger charge is 2.17. The molecule has 3 rings (SSSR count). The van der Waals surface area contributed by atoms with E-state index in [1.54, 1.807) is 24.3 Å². The molecule has 0 aliphatic carbocycles. The molecule has 0 radical (unpaired) electrons. The van der Waals surface area contributed by atoms with Crippen molar-refractivity contribution in [2.45, 2.75) is 5.75 Å². The lowest BCUT2D eigenvalue weighted by Gasteiger charge is -2.18. The van der Waals surface area contributed by atoms with Gasteiger partial charge in [-0.1, -0.05) is 12.1 Å². The van der Waals surface area contributed by atoms with Crippen LogP contribution in [0.2, 0.25) is 0 Å². The molecule has 0 saturated heterocycles. The van der Waals surface area contributed by atoms with E-state index in [2.05, 4.69) is 5.32 Å². The summed E-state index contributed by atoms with van der Waals surface area (Å²) in [6, 6.07) is 10.8. The first-order chi connectivity index (χ1) is 11.8. The van der Waals surface area contributed by atoms with Crippen molar-refractivity contribution in [3.63, 3.8) is 0 Å². The van der Waals surface area contributed by atoms with Crippen molar-refractivity contribution in [3.05, 3.63) is 53.6 Å². The third-order valence-electron chi connectivity index (χ3n) is 3.41. The van der Waals surface area contributed by atoms with E-state index in [0.29, 0.717) is 17.0 Å². The highest BCUT2D eigenvalue weighted by Crippen LogP contribution is 2.31. The maximum absolute atomic E-state index is 12.2. The maximum atomic E-state index is 12.2. The number of rotatable bonds is 4. The summed E-state index contributed by atoms with van der Waals surface area (Å²) in [5.41, 5.74) is 1.31. The molecule has 0 fully saturated rings. The SMILES string of the molecule is CS(=O)(=O)Cc1ccc(C(=O)Oc2ccc3c(c2)NC(=O)CO3)cc1. The van der Waals surface area contributed by atoms with E-state index in [1.807, 2.05) is 0 Å². The Morgan fingerprint density at radius 2 is 1.92 bits per heavy atom. The molecule has 0 saturated carbocycles. The lowest BCUT2D eigenvalue weighted by atomic mass is 10.1. The zero-order valence-corrected chi connectivity index (χ0v) is 14.1. The van der Waals surface area contributed by atoms with Gasteiger partial charge in [0.15, 0.2) is 16.4 Å². The largest absolute Gasteiger partial charge is 0.482 e. The predicted molar refractivity (Wildman–Crippen MR) is 90.5 cm³/mol. The van der Waals surface area contributed by atoms with Crippen molar-refractivity contribution < 1.29 is 27.5 Å². The van der Waals surface area contributed by atoms with Crippen LogP contribution in [0.5, 0.6) is 11.5 Å². The van der Waals surface area contributed by atoms with Crippen LogP contribution in [-0.2, 0) is 20.4 Å². The minimum Gasteiger partial charge on any atom is -0.482 e. The molecule has 8 heteroatoms. The first-order valence-corrected chi connectivity index (χ1v) is 9.42. The third kappa shape index (κ3) is 4.36. The third-order valence-corrected chi connectivity index (χ3v) is 4.27. The number of sulfone groups is 1. The first kappa shape index (κ1) is 17.0. The molecular weight excluding hydrogens is 346 g/mol. The number of hydrogen-bond donors (Lipinski definition) is 1. The lowest BCUT2D eigenvalue weighted by molar-refractivity contribution is -0.118. The van der Waals surface area contributed by atoms with E-state index in [4.69, 9.17) is 9.47 Å². The molecule has 0 aromatic heterocycles. The summed E-state index contributed by atoms with van der Waals surface area (Å²) in [7, 11) is -3.13. The Balaban J connectivity index is 1.72. The van der Waals surface area contributed by atoms with Gasteiger partial charge in [-0.25, -0.2) is 13.2 Å². The topological polar surface area (TPSA) is 98.8 Å². The quantitative estimate of drug-likeness (QED) is 0.658. The summed E-state index contributed by atoms with van der Waals surface area (Å²) in [4.78, 5) is 23.5. The number of esters is 1. The maximum Gasteiger partial charge on any atom is 0.343 e.